The Morgan fingerprint density at radius 3 is 2.70 bits per heavy atom. The minimum absolute atomic E-state index is 0.679. The first-order valence-electron chi connectivity index (χ1n) is 7.57. The molecule has 1 heterocycles. The van der Waals surface area contributed by atoms with E-state index in [4.69, 9.17) is 10.5 Å². The summed E-state index contributed by atoms with van der Waals surface area (Å²) in [6, 6.07) is 4.25. The smallest absolute Gasteiger partial charge is 0.124 e. The van der Waals surface area contributed by atoms with Crippen molar-refractivity contribution in [3.05, 3.63) is 28.8 Å². The molecule has 4 nitrogen and oxygen atoms in total. The fourth-order valence-electron chi connectivity index (χ4n) is 2.54. The largest absolute Gasteiger partial charge is 0.493 e. The quantitative estimate of drug-likeness (QED) is 0.773. The van der Waals surface area contributed by atoms with Crippen molar-refractivity contribution in [2.24, 2.45) is 5.73 Å². The predicted molar refractivity (Wildman–Crippen MR) is 83.2 cm³/mol. The molecule has 1 aliphatic heterocycles. The summed E-state index contributed by atoms with van der Waals surface area (Å²) in [7, 11) is 0. The second kappa shape index (κ2) is 7.62. The molecule has 0 aliphatic carbocycles. The lowest BCUT2D eigenvalue weighted by atomic mass is 10.0. The Bertz CT molecular complexity index is 428. The molecule has 0 amide bonds. The fourth-order valence-corrected chi connectivity index (χ4v) is 2.54. The lowest BCUT2D eigenvalue weighted by Gasteiger charge is -2.29. The third-order valence-electron chi connectivity index (χ3n) is 4.02. The number of nitrogens with one attached hydrogen (secondary N) is 1. The summed E-state index contributed by atoms with van der Waals surface area (Å²) in [5, 5.41) is 3.40. The van der Waals surface area contributed by atoms with Gasteiger partial charge in [0.15, 0.2) is 0 Å². The van der Waals surface area contributed by atoms with E-state index in [1.807, 2.05) is 0 Å². The SMILES string of the molecule is Cc1ccc(OCCCN)c(CN2CCNCC2)c1C. The highest BCUT2D eigenvalue weighted by Gasteiger charge is 2.15. The highest BCUT2D eigenvalue weighted by molar-refractivity contribution is 5.44. The zero-order chi connectivity index (χ0) is 14.4. The van der Waals surface area contributed by atoms with Crippen LogP contribution >= 0.6 is 0 Å². The van der Waals surface area contributed by atoms with Crippen LogP contribution in [0.15, 0.2) is 12.1 Å². The summed E-state index contributed by atoms with van der Waals surface area (Å²) < 4.78 is 5.93. The maximum atomic E-state index is 5.93. The van der Waals surface area contributed by atoms with Crippen molar-refractivity contribution in [3.8, 4) is 5.75 Å². The van der Waals surface area contributed by atoms with E-state index >= 15 is 0 Å². The van der Waals surface area contributed by atoms with Crippen LogP contribution in [0.5, 0.6) is 5.75 Å². The molecular weight excluding hydrogens is 250 g/mol. The van der Waals surface area contributed by atoms with Crippen LogP contribution in [0.4, 0.5) is 0 Å². The number of piperazine rings is 1. The van der Waals surface area contributed by atoms with Crippen LogP contribution < -0.4 is 15.8 Å². The Morgan fingerprint density at radius 1 is 1.25 bits per heavy atom. The molecule has 0 bridgehead atoms. The van der Waals surface area contributed by atoms with E-state index in [1.54, 1.807) is 0 Å². The van der Waals surface area contributed by atoms with E-state index in [0.717, 1.165) is 44.9 Å². The zero-order valence-corrected chi connectivity index (χ0v) is 12.7. The molecule has 1 aromatic rings. The van der Waals surface area contributed by atoms with Crippen LogP contribution in [0.25, 0.3) is 0 Å². The number of hydrogen-bond donors (Lipinski definition) is 2. The highest BCUT2D eigenvalue weighted by Crippen LogP contribution is 2.26. The molecule has 20 heavy (non-hydrogen) atoms. The molecule has 1 aliphatic rings. The van der Waals surface area contributed by atoms with E-state index in [9.17, 15) is 0 Å². The second-order valence-corrected chi connectivity index (χ2v) is 5.50. The molecule has 1 saturated heterocycles. The first kappa shape index (κ1) is 15.3. The molecule has 3 N–H and O–H groups in total. The molecule has 0 saturated carbocycles. The third-order valence-corrected chi connectivity index (χ3v) is 4.02. The maximum Gasteiger partial charge on any atom is 0.124 e. The fraction of sp³-hybridized carbons (Fsp3) is 0.625. The topological polar surface area (TPSA) is 50.5 Å². The number of ether oxygens (including phenoxy) is 1. The normalized spacial score (nSPS) is 16.4. The summed E-state index contributed by atoms with van der Waals surface area (Å²) in [5.41, 5.74) is 9.57. The molecule has 0 unspecified atom stereocenters. The van der Waals surface area contributed by atoms with Gasteiger partial charge in [0.1, 0.15) is 5.75 Å². The predicted octanol–water partition coefficient (Wildman–Crippen LogP) is 1.44. The van der Waals surface area contributed by atoms with Crippen LogP contribution in [0.1, 0.15) is 23.1 Å². The van der Waals surface area contributed by atoms with Crippen molar-refractivity contribution in [1.29, 1.82) is 0 Å². The van der Waals surface area contributed by atoms with E-state index in [0.29, 0.717) is 13.2 Å². The van der Waals surface area contributed by atoms with Gasteiger partial charge in [0.2, 0.25) is 0 Å². The summed E-state index contributed by atoms with van der Waals surface area (Å²) >= 11 is 0. The van der Waals surface area contributed by atoms with E-state index in [2.05, 4.69) is 36.2 Å². The molecule has 1 aromatic carbocycles. The number of hydrogen-bond acceptors (Lipinski definition) is 4. The number of benzene rings is 1. The molecule has 0 aromatic heterocycles. The van der Waals surface area contributed by atoms with Crippen molar-refractivity contribution >= 4 is 0 Å². The van der Waals surface area contributed by atoms with Gasteiger partial charge < -0.3 is 15.8 Å². The molecule has 2 rings (SSSR count). The standard InChI is InChI=1S/C16H27N3O/c1-13-4-5-16(20-11-3-6-17)15(14(13)2)12-19-9-7-18-8-10-19/h4-5,18H,3,6-12,17H2,1-2H3. The van der Waals surface area contributed by atoms with Gasteiger partial charge in [-0.3, -0.25) is 4.90 Å². The van der Waals surface area contributed by atoms with Gasteiger partial charge in [-0.05, 0) is 44.0 Å². The van der Waals surface area contributed by atoms with Crippen molar-refractivity contribution in [2.45, 2.75) is 26.8 Å². The van der Waals surface area contributed by atoms with Crippen LogP contribution in [-0.2, 0) is 6.54 Å². The minimum atomic E-state index is 0.679. The Balaban J connectivity index is 2.11. The lowest BCUT2D eigenvalue weighted by Crippen LogP contribution is -2.43. The van der Waals surface area contributed by atoms with Crippen LogP contribution in [0.2, 0.25) is 0 Å². The van der Waals surface area contributed by atoms with Crippen LogP contribution in [0.3, 0.4) is 0 Å². The summed E-state index contributed by atoms with van der Waals surface area (Å²) in [4.78, 5) is 2.49. The van der Waals surface area contributed by atoms with Gasteiger partial charge in [-0.1, -0.05) is 6.07 Å². The Labute approximate surface area is 122 Å². The second-order valence-electron chi connectivity index (χ2n) is 5.50. The molecule has 0 spiro atoms. The molecule has 0 radical (unpaired) electrons. The van der Waals surface area contributed by atoms with Crippen molar-refractivity contribution in [1.82, 2.24) is 10.2 Å². The summed E-state index contributed by atoms with van der Waals surface area (Å²) in [6.45, 7) is 11.1. The molecule has 112 valence electrons. The monoisotopic (exact) mass is 277 g/mol. The van der Waals surface area contributed by atoms with Gasteiger partial charge >= 0.3 is 0 Å². The first-order chi connectivity index (χ1) is 9.72. The molecule has 0 atom stereocenters. The highest BCUT2D eigenvalue weighted by atomic mass is 16.5. The van der Waals surface area contributed by atoms with Gasteiger partial charge in [0.05, 0.1) is 6.61 Å². The van der Waals surface area contributed by atoms with Crippen molar-refractivity contribution in [3.63, 3.8) is 0 Å². The van der Waals surface area contributed by atoms with Gasteiger partial charge in [-0.2, -0.15) is 0 Å². The Morgan fingerprint density at radius 2 is 2.00 bits per heavy atom. The van der Waals surface area contributed by atoms with Gasteiger partial charge in [0, 0.05) is 38.3 Å². The average molecular weight is 277 g/mol. The minimum Gasteiger partial charge on any atom is -0.493 e. The lowest BCUT2D eigenvalue weighted by molar-refractivity contribution is 0.226. The molecule has 1 fully saturated rings. The molecular formula is C16H27N3O. The number of nitrogens with zero attached hydrogens (tertiary/aromatic N) is 1. The van der Waals surface area contributed by atoms with Crippen LogP contribution in [-0.4, -0.2) is 44.2 Å². The van der Waals surface area contributed by atoms with Gasteiger partial charge in [-0.25, -0.2) is 0 Å². The summed E-state index contributed by atoms with van der Waals surface area (Å²) in [5.74, 6) is 1.03. The van der Waals surface area contributed by atoms with Gasteiger partial charge in [-0.15, -0.1) is 0 Å². The van der Waals surface area contributed by atoms with Crippen LogP contribution in [0, 0.1) is 13.8 Å². The zero-order valence-electron chi connectivity index (χ0n) is 12.7. The third kappa shape index (κ3) is 3.95. The Hall–Kier alpha value is -1.10. The maximum absolute atomic E-state index is 5.93. The van der Waals surface area contributed by atoms with Crippen molar-refractivity contribution in [2.75, 3.05) is 39.3 Å². The number of nitrogens with two attached hydrogens (primary N) is 1. The average Bonchev–Trinajstić information content (AvgIpc) is 2.47. The first-order valence-corrected chi connectivity index (χ1v) is 7.57. The summed E-state index contributed by atoms with van der Waals surface area (Å²) in [6.07, 6.45) is 0.903. The number of rotatable bonds is 6. The van der Waals surface area contributed by atoms with E-state index in [-0.39, 0.29) is 0 Å². The van der Waals surface area contributed by atoms with E-state index < -0.39 is 0 Å². The van der Waals surface area contributed by atoms with E-state index in [1.165, 1.54) is 16.7 Å². The van der Waals surface area contributed by atoms with Crippen molar-refractivity contribution < 1.29 is 4.74 Å². The molecule has 4 heteroatoms. The number of aryl methyl sites for hydroxylation is 1. The van der Waals surface area contributed by atoms with Gasteiger partial charge in [0.25, 0.3) is 0 Å². The Kier molecular flexibility index (Phi) is 5.83.